The van der Waals surface area contributed by atoms with Crippen molar-refractivity contribution in [2.75, 3.05) is 12.3 Å². The van der Waals surface area contributed by atoms with Crippen LogP contribution in [-0.2, 0) is 6.54 Å². The molecule has 0 spiro atoms. The number of halogens is 2. The highest BCUT2D eigenvalue weighted by molar-refractivity contribution is 6.32. The summed E-state index contributed by atoms with van der Waals surface area (Å²) < 4.78 is 15.1. The number of hydrogen-bond donors (Lipinski definition) is 2. The molecule has 0 unspecified atom stereocenters. The average molecular weight is 332 g/mol. The lowest BCUT2D eigenvalue weighted by molar-refractivity contribution is 0.270. The molecule has 2 aromatic rings. The molecule has 0 radical (unpaired) electrons. The first-order valence-electron chi connectivity index (χ1n) is 6.46. The van der Waals surface area contributed by atoms with Gasteiger partial charge in [-0.05, 0) is 18.2 Å². The molecular weight excluding hydrogens is 321 g/mol. The lowest BCUT2D eigenvalue weighted by Gasteiger charge is -2.01. The largest absolute Gasteiger partial charge is 0.394 e. The Balaban J connectivity index is 2.64. The number of benzene rings is 1. The van der Waals surface area contributed by atoms with Gasteiger partial charge < -0.3 is 10.8 Å². The monoisotopic (exact) mass is 331 g/mol. The van der Waals surface area contributed by atoms with E-state index in [-0.39, 0.29) is 46.4 Å². The number of allylic oxidation sites excluding steroid dienone is 1. The first-order valence-corrected chi connectivity index (χ1v) is 6.84. The van der Waals surface area contributed by atoms with E-state index in [0.29, 0.717) is 0 Å². The minimum absolute atomic E-state index is 0.0141. The Bertz CT molecular complexity index is 840. The molecule has 8 heteroatoms. The van der Waals surface area contributed by atoms with Crippen LogP contribution in [0, 0.1) is 28.5 Å². The second kappa shape index (κ2) is 6.93. The molecule has 0 atom stereocenters. The van der Waals surface area contributed by atoms with Gasteiger partial charge in [0, 0.05) is 5.56 Å². The third kappa shape index (κ3) is 3.16. The molecule has 0 amide bonds. The van der Waals surface area contributed by atoms with Gasteiger partial charge in [-0.3, -0.25) is 0 Å². The van der Waals surface area contributed by atoms with Crippen molar-refractivity contribution in [2.45, 2.75) is 6.54 Å². The van der Waals surface area contributed by atoms with Crippen LogP contribution in [0.1, 0.15) is 16.8 Å². The number of hydrogen-bond acceptors (Lipinski definition) is 5. The molecule has 6 nitrogen and oxygen atoms in total. The van der Waals surface area contributed by atoms with Gasteiger partial charge in [-0.2, -0.15) is 15.6 Å². The number of nitrogens with two attached hydrogens (primary N) is 1. The first kappa shape index (κ1) is 16.5. The minimum Gasteiger partial charge on any atom is -0.394 e. The summed E-state index contributed by atoms with van der Waals surface area (Å²) in [6.45, 7) is -0.166. The Hall–Kier alpha value is -2.87. The molecule has 116 valence electrons. The molecule has 2 rings (SSSR count). The van der Waals surface area contributed by atoms with Crippen LogP contribution in [0.25, 0.3) is 11.6 Å². The van der Waals surface area contributed by atoms with Crippen LogP contribution in [0.3, 0.4) is 0 Å². The van der Waals surface area contributed by atoms with Gasteiger partial charge in [0.15, 0.2) is 0 Å². The van der Waals surface area contributed by atoms with E-state index in [0.717, 1.165) is 0 Å². The number of nitriles is 2. The Morgan fingerprint density at radius 2 is 2.22 bits per heavy atom. The summed E-state index contributed by atoms with van der Waals surface area (Å²) in [6.07, 6.45) is 1.21. The Morgan fingerprint density at radius 1 is 1.48 bits per heavy atom. The molecule has 0 bridgehead atoms. The van der Waals surface area contributed by atoms with E-state index in [9.17, 15) is 14.9 Å². The topological polar surface area (TPSA) is 112 Å². The molecule has 0 aliphatic heterocycles. The zero-order valence-electron chi connectivity index (χ0n) is 11.8. The van der Waals surface area contributed by atoms with Gasteiger partial charge in [0.2, 0.25) is 0 Å². The summed E-state index contributed by atoms with van der Waals surface area (Å²) in [5.41, 5.74) is 5.74. The SMILES string of the molecule is N#C/C(=C/c1c(F)cccc1Cl)c1nn(CCO)c(N)c1C#N. The van der Waals surface area contributed by atoms with E-state index in [1.807, 2.05) is 12.1 Å². The van der Waals surface area contributed by atoms with Gasteiger partial charge in [-0.15, -0.1) is 0 Å². The number of aliphatic hydroxyl groups excluding tert-OH is 1. The van der Waals surface area contributed by atoms with Crippen molar-refractivity contribution in [2.24, 2.45) is 0 Å². The van der Waals surface area contributed by atoms with E-state index in [1.165, 1.54) is 29.0 Å². The number of nitrogen functional groups attached to an aromatic ring is 1. The van der Waals surface area contributed by atoms with Crippen molar-refractivity contribution in [3.8, 4) is 12.1 Å². The maximum absolute atomic E-state index is 13.9. The third-order valence-electron chi connectivity index (χ3n) is 3.08. The summed E-state index contributed by atoms with van der Waals surface area (Å²) in [6, 6.07) is 7.86. The maximum Gasteiger partial charge on any atom is 0.140 e. The number of aromatic nitrogens is 2. The van der Waals surface area contributed by atoms with Crippen molar-refractivity contribution in [1.29, 1.82) is 10.5 Å². The number of nitrogens with zero attached hydrogens (tertiary/aromatic N) is 4. The molecule has 0 fully saturated rings. The van der Waals surface area contributed by atoms with Gasteiger partial charge in [-0.1, -0.05) is 17.7 Å². The van der Waals surface area contributed by atoms with Crippen molar-refractivity contribution in [3.63, 3.8) is 0 Å². The van der Waals surface area contributed by atoms with Crippen LogP contribution < -0.4 is 5.73 Å². The van der Waals surface area contributed by atoms with Gasteiger partial charge in [-0.25, -0.2) is 9.07 Å². The van der Waals surface area contributed by atoms with E-state index in [4.69, 9.17) is 22.4 Å². The molecule has 1 heterocycles. The Morgan fingerprint density at radius 3 is 2.78 bits per heavy atom. The predicted molar refractivity (Wildman–Crippen MR) is 83.3 cm³/mol. The molecular formula is C15H11ClFN5O. The highest BCUT2D eigenvalue weighted by atomic mass is 35.5. The van der Waals surface area contributed by atoms with Crippen LogP contribution in [0.5, 0.6) is 0 Å². The molecule has 0 aliphatic rings. The summed E-state index contributed by atoms with van der Waals surface area (Å²) in [5, 5.41) is 31.7. The van der Waals surface area contributed by atoms with Crippen LogP contribution in [0.4, 0.5) is 10.2 Å². The van der Waals surface area contributed by atoms with Crippen LogP contribution in [0.15, 0.2) is 18.2 Å². The van der Waals surface area contributed by atoms with Gasteiger partial charge in [0.25, 0.3) is 0 Å². The highest BCUT2D eigenvalue weighted by Crippen LogP contribution is 2.28. The van der Waals surface area contributed by atoms with Crippen molar-refractivity contribution >= 4 is 29.1 Å². The molecule has 0 aliphatic carbocycles. The Labute approximate surface area is 136 Å². The fourth-order valence-electron chi connectivity index (χ4n) is 1.99. The molecule has 0 saturated heterocycles. The first-order chi connectivity index (χ1) is 11.0. The fraction of sp³-hybridized carbons (Fsp3) is 0.133. The smallest absolute Gasteiger partial charge is 0.140 e. The standard InChI is InChI=1S/C15H11ClFN5O/c16-12-2-1-3-13(17)10(12)6-9(7-18)14-11(8-19)15(20)22(21-14)4-5-23/h1-3,6,23H,4-5,20H2/b9-6-. The predicted octanol–water partition coefficient (Wildman–Crippen LogP) is 2.19. The van der Waals surface area contributed by atoms with E-state index < -0.39 is 5.82 Å². The molecule has 1 aromatic carbocycles. The van der Waals surface area contributed by atoms with Crippen LogP contribution >= 0.6 is 11.6 Å². The lowest BCUT2D eigenvalue weighted by atomic mass is 10.1. The van der Waals surface area contributed by atoms with Crippen molar-refractivity contribution < 1.29 is 9.50 Å². The van der Waals surface area contributed by atoms with Gasteiger partial charge in [0.1, 0.15) is 35.0 Å². The van der Waals surface area contributed by atoms with Crippen LogP contribution in [-0.4, -0.2) is 21.5 Å². The molecule has 23 heavy (non-hydrogen) atoms. The number of anilines is 1. The van der Waals surface area contributed by atoms with E-state index in [2.05, 4.69) is 5.10 Å². The fourth-order valence-corrected chi connectivity index (χ4v) is 2.20. The quantitative estimate of drug-likeness (QED) is 0.834. The normalized spacial score (nSPS) is 11.1. The molecule has 3 N–H and O–H groups in total. The van der Waals surface area contributed by atoms with Gasteiger partial charge in [0.05, 0.1) is 23.7 Å². The number of rotatable bonds is 4. The number of aliphatic hydroxyl groups is 1. The van der Waals surface area contributed by atoms with E-state index >= 15 is 0 Å². The summed E-state index contributed by atoms with van der Waals surface area (Å²) >= 11 is 5.94. The van der Waals surface area contributed by atoms with Crippen molar-refractivity contribution in [1.82, 2.24) is 9.78 Å². The summed E-state index contributed by atoms with van der Waals surface area (Å²) in [7, 11) is 0. The molecule has 1 aromatic heterocycles. The molecule has 0 saturated carbocycles. The third-order valence-corrected chi connectivity index (χ3v) is 3.41. The van der Waals surface area contributed by atoms with Crippen LogP contribution in [0.2, 0.25) is 5.02 Å². The zero-order chi connectivity index (χ0) is 17.0. The van der Waals surface area contributed by atoms with Gasteiger partial charge >= 0.3 is 0 Å². The lowest BCUT2D eigenvalue weighted by Crippen LogP contribution is -2.07. The van der Waals surface area contributed by atoms with Crippen molar-refractivity contribution in [3.05, 3.63) is 45.9 Å². The second-order valence-corrected chi connectivity index (χ2v) is 4.88. The maximum atomic E-state index is 13.9. The zero-order valence-corrected chi connectivity index (χ0v) is 12.5. The minimum atomic E-state index is -0.605. The summed E-state index contributed by atoms with van der Waals surface area (Å²) in [5.74, 6) is -0.580. The second-order valence-electron chi connectivity index (χ2n) is 4.47. The Kier molecular flexibility index (Phi) is 4.97. The highest BCUT2D eigenvalue weighted by Gasteiger charge is 2.19. The van der Waals surface area contributed by atoms with E-state index in [1.54, 1.807) is 0 Å². The summed E-state index contributed by atoms with van der Waals surface area (Å²) in [4.78, 5) is 0. The average Bonchev–Trinajstić information content (AvgIpc) is 2.84.